The lowest BCUT2D eigenvalue weighted by Gasteiger charge is -2.35. The summed E-state index contributed by atoms with van der Waals surface area (Å²) < 4.78 is 19.7. The van der Waals surface area contributed by atoms with Crippen LogP contribution in [0.3, 0.4) is 0 Å². The summed E-state index contributed by atoms with van der Waals surface area (Å²) in [7, 11) is 0. The first-order valence-electron chi connectivity index (χ1n) is 11.7. The molecule has 0 spiro atoms. The van der Waals surface area contributed by atoms with Crippen molar-refractivity contribution in [2.45, 2.75) is 57.1 Å². The summed E-state index contributed by atoms with van der Waals surface area (Å²) in [6, 6.07) is 6.96. The summed E-state index contributed by atoms with van der Waals surface area (Å²) in [4.78, 5) is 28.6. The zero-order valence-corrected chi connectivity index (χ0v) is 19.6. The van der Waals surface area contributed by atoms with Gasteiger partial charge in [0.1, 0.15) is 17.7 Å². The number of hydrogen-bond donors (Lipinski definition) is 3. The van der Waals surface area contributed by atoms with E-state index in [1.165, 1.54) is 17.7 Å². The molecule has 1 aliphatic heterocycles. The van der Waals surface area contributed by atoms with Gasteiger partial charge in [-0.2, -0.15) is 0 Å². The third kappa shape index (κ3) is 6.04. The fourth-order valence-corrected chi connectivity index (χ4v) is 4.71. The first kappa shape index (κ1) is 24.4. The number of anilines is 1. The van der Waals surface area contributed by atoms with Gasteiger partial charge in [0.15, 0.2) is 0 Å². The Kier molecular flexibility index (Phi) is 8.00. The molecule has 1 aliphatic carbocycles. The molecule has 2 aromatic rings. The zero-order chi connectivity index (χ0) is 24.1. The van der Waals surface area contributed by atoms with E-state index in [1.807, 2.05) is 0 Å². The maximum absolute atomic E-state index is 13.9. The predicted molar refractivity (Wildman–Crippen MR) is 127 cm³/mol. The van der Waals surface area contributed by atoms with Crippen LogP contribution in [0.25, 0.3) is 0 Å². The molecule has 2 heterocycles. The summed E-state index contributed by atoms with van der Waals surface area (Å²) in [5, 5.41) is 15.1. The molecule has 1 aromatic heterocycles. The van der Waals surface area contributed by atoms with Crippen molar-refractivity contribution in [2.75, 3.05) is 18.5 Å². The number of nitrogens with one attached hydrogen (secondary N) is 2. The number of hydrogen-bond acceptors (Lipinski definition) is 5. The number of aryl methyl sites for hydroxylation is 2. The van der Waals surface area contributed by atoms with Gasteiger partial charge in [-0.15, -0.1) is 0 Å². The Morgan fingerprint density at radius 1 is 1.29 bits per heavy atom. The molecule has 0 bridgehead atoms. The Bertz CT molecular complexity index is 1020. The van der Waals surface area contributed by atoms with Crippen LogP contribution in [0.4, 0.5) is 10.2 Å². The molecule has 0 saturated heterocycles. The van der Waals surface area contributed by atoms with Gasteiger partial charge in [-0.25, -0.2) is 14.2 Å². The number of carboxylic acids is 1. The molecule has 1 amide bonds. The van der Waals surface area contributed by atoms with Crippen molar-refractivity contribution in [2.24, 2.45) is 5.92 Å². The molecule has 7 nitrogen and oxygen atoms in total. The van der Waals surface area contributed by atoms with E-state index in [9.17, 15) is 19.1 Å². The van der Waals surface area contributed by atoms with E-state index >= 15 is 0 Å². The van der Waals surface area contributed by atoms with Crippen LogP contribution in [-0.4, -0.2) is 47.3 Å². The first-order valence-corrected chi connectivity index (χ1v) is 12.1. The van der Waals surface area contributed by atoms with Crippen LogP contribution in [0.15, 0.2) is 30.3 Å². The molecule has 9 heteroatoms. The molecule has 3 N–H and O–H groups in total. The third-order valence-corrected chi connectivity index (χ3v) is 6.82. The van der Waals surface area contributed by atoms with Crippen molar-refractivity contribution in [3.8, 4) is 0 Å². The second kappa shape index (κ2) is 11.1. The van der Waals surface area contributed by atoms with Crippen molar-refractivity contribution >= 4 is 29.3 Å². The number of halogens is 2. The molecule has 2 aliphatic rings. The number of benzene rings is 1. The fourth-order valence-electron chi connectivity index (χ4n) is 4.46. The van der Waals surface area contributed by atoms with Crippen LogP contribution in [0, 0.1) is 11.7 Å². The lowest BCUT2D eigenvalue weighted by molar-refractivity contribution is -0.140. The Hall–Kier alpha value is -2.71. The van der Waals surface area contributed by atoms with Crippen molar-refractivity contribution < 1.29 is 23.8 Å². The number of ether oxygens (including phenoxy) is 1. The first-order chi connectivity index (χ1) is 16.4. The van der Waals surface area contributed by atoms with Crippen molar-refractivity contribution in [1.82, 2.24) is 10.3 Å². The number of rotatable bonds is 10. The van der Waals surface area contributed by atoms with Crippen LogP contribution < -0.4 is 10.6 Å². The Morgan fingerprint density at radius 3 is 2.88 bits per heavy atom. The summed E-state index contributed by atoms with van der Waals surface area (Å²) in [6.07, 6.45) is 6.24. The van der Waals surface area contributed by atoms with Gasteiger partial charge in [-0.05, 0) is 68.2 Å². The van der Waals surface area contributed by atoms with E-state index < -0.39 is 23.7 Å². The van der Waals surface area contributed by atoms with Crippen molar-refractivity contribution in [1.29, 1.82) is 0 Å². The van der Waals surface area contributed by atoms with Crippen LogP contribution in [0.5, 0.6) is 0 Å². The largest absolute Gasteiger partial charge is 0.480 e. The standard InChI is InChI=1S/C25H29ClFN3O4/c26-19-4-1-5-20(27)22(19)24(31)30-21(25(32)33)10-12-34-18-13-15(14-18)6-8-17-9-7-16-3-2-11-28-23(16)29-17/h1,4-5,7,9,15,18,21H,2-3,6,8,10-14H2,(H,28,29)(H,30,31)(H,32,33)/t15-,18-,21?. The fraction of sp³-hybridized carbons (Fsp3) is 0.480. The number of nitrogens with zero attached hydrogens (tertiary/aromatic N) is 1. The minimum absolute atomic E-state index is 0.0692. The highest BCUT2D eigenvalue weighted by molar-refractivity contribution is 6.33. The Morgan fingerprint density at radius 2 is 2.12 bits per heavy atom. The number of pyridine rings is 1. The highest BCUT2D eigenvalue weighted by atomic mass is 35.5. The molecule has 1 saturated carbocycles. The van der Waals surface area contributed by atoms with Gasteiger partial charge in [0.05, 0.1) is 16.7 Å². The molecule has 0 radical (unpaired) electrons. The number of carboxylic acid groups (broad SMARTS) is 1. The van der Waals surface area contributed by atoms with Crippen molar-refractivity contribution in [3.63, 3.8) is 0 Å². The lowest BCUT2D eigenvalue weighted by atomic mass is 9.79. The normalized spacial score (nSPS) is 19.9. The van der Waals surface area contributed by atoms with Gasteiger partial charge < -0.3 is 20.5 Å². The summed E-state index contributed by atoms with van der Waals surface area (Å²) in [6.45, 7) is 1.17. The SMILES string of the molecule is O=C(NC(CCO[C@H]1C[C@H](CCc2ccc3c(n2)NCCC3)C1)C(=O)O)c1c(F)cccc1Cl. The molecule has 4 rings (SSSR count). The van der Waals surface area contributed by atoms with E-state index in [-0.39, 0.29) is 29.7 Å². The molecular formula is C25H29ClFN3O4. The maximum Gasteiger partial charge on any atom is 0.326 e. The quantitative estimate of drug-likeness (QED) is 0.461. The average molecular weight is 490 g/mol. The molecule has 1 unspecified atom stereocenters. The summed E-state index contributed by atoms with van der Waals surface area (Å²) in [5.41, 5.74) is 2.04. The van der Waals surface area contributed by atoms with E-state index in [0.29, 0.717) is 5.92 Å². The van der Waals surface area contributed by atoms with Crippen molar-refractivity contribution in [3.05, 3.63) is 58.0 Å². The Balaban J connectivity index is 1.17. The van der Waals surface area contributed by atoms with Gasteiger partial charge in [0, 0.05) is 25.3 Å². The highest BCUT2D eigenvalue weighted by Gasteiger charge is 2.30. The van der Waals surface area contributed by atoms with Gasteiger partial charge in [-0.1, -0.05) is 23.7 Å². The smallest absolute Gasteiger partial charge is 0.326 e. The van der Waals surface area contributed by atoms with E-state index in [0.717, 1.165) is 62.6 Å². The zero-order valence-electron chi connectivity index (χ0n) is 18.9. The van der Waals surface area contributed by atoms with E-state index in [2.05, 4.69) is 22.8 Å². The number of carbonyl (C=O) groups excluding carboxylic acids is 1. The predicted octanol–water partition coefficient (Wildman–Crippen LogP) is 4.23. The molecule has 182 valence electrons. The average Bonchev–Trinajstić information content (AvgIpc) is 2.78. The second-order valence-electron chi connectivity index (χ2n) is 8.96. The monoisotopic (exact) mass is 489 g/mol. The van der Waals surface area contributed by atoms with Gasteiger partial charge >= 0.3 is 5.97 Å². The number of aromatic nitrogens is 1. The summed E-state index contributed by atoms with van der Waals surface area (Å²) in [5.74, 6) is -1.27. The second-order valence-corrected chi connectivity index (χ2v) is 9.37. The molecular weight excluding hydrogens is 461 g/mol. The van der Waals surface area contributed by atoms with E-state index in [1.54, 1.807) is 0 Å². The molecule has 1 aromatic carbocycles. The summed E-state index contributed by atoms with van der Waals surface area (Å²) >= 11 is 5.89. The maximum atomic E-state index is 13.9. The molecule has 1 fully saturated rings. The highest BCUT2D eigenvalue weighted by Crippen LogP contribution is 2.34. The molecule has 34 heavy (non-hydrogen) atoms. The number of fused-ring (bicyclic) bond motifs is 1. The lowest BCUT2D eigenvalue weighted by Crippen LogP contribution is -2.42. The number of aliphatic carboxylic acids is 1. The van der Waals surface area contributed by atoms with Crippen LogP contribution >= 0.6 is 11.6 Å². The topological polar surface area (TPSA) is 101 Å². The van der Waals surface area contributed by atoms with Crippen LogP contribution in [0.1, 0.15) is 53.7 Å². The minimum Gasteiger partial charge on any atom is -0.480 e. The number of amides is 1. The third-order valence-electron chi connectivity index (χ3n) is 6.51. The van der Waals surface area contributed by atoms with Crippen LogP contribution in [0.2, 0.25) is 5.02 Å². The van der Waals surface area contributed by atoms with E-state index in [4.69, 9.17) is 21.3 Å². The molecule has 1 atom stereocenters. The van der Waals surface area contributed by atoms with Gasteiger partial charge in [0.2, 0.25) is 0 Å². The van der Waals surface area contributed by atoms with Crippen LogP contribution in [-0.2, 0) is 22.4 Å². The Labute approximate surface area is 203 Å². The van der Waals surface area contributed by atoms with Gasteiger partial charge in [-0.3, -0.25) is 4.79 Å². The number of carbonyl (C=O) groups is 2. The van der Waals surface area contributed by atoms with Gasteiger partial charge in [0.25, 0.3) is 5.91 Å². The minimum atomic E-state index is -1.21.